The Bertz CT molecular complexity index is 676. The Labute approximate surface area is 116 Å². The molecule has 0 bridgehead atoms. The zero-order valence-corrected chi connectivity index (χ0v) is 11.1. The van der Waals surface area contributed by atoms with Crippen molar-refractivity contribution in [3.05, 3.63) is 70.5 Å². The largest absolute Gasteiger partial charge is 0.508 e. The monoisotopic (exact) mass is 267 g/mol. The molecule has 3 aromatic rings. The molecule has 0 atom stereocenters. The van der Waals surface area contributed by atoms with E-state index in [1.54, 1.807) is 23.5 Å². The van der Waals surface area contributed by atoms with Crippen molar-refractivity contribution in [1.82, 2.24) is 4.98 Å². The second kappa shape index (κ2) is 5.24. The van der Waals surface area contributed by atoms with Gasteiger partial charge < -0.3 is 5.11 Å². The third-order valence-electron chi connectivity index (χ3n) is 2.89. The third-order valence-corrected chi connectivity index (χ3v) is 3.74. The number of phenolic OH excluding ortho intramolecular Hbond substituents is 1. The van der Waals surface area contributed by atoms with Crippen LogP contribution in [-0.2, 0) is 6.42 Å². The number of hydrogen-bond donors (Lipinski definition) is 1. The Balaban J connectivity index is 1.82. The second-order valence-electron chi connectivity index (χ2n) is 4.34. The fraction of sp³-hybridized carbons (Fsp3) is 0.0625. The third kappa shape index (κ3) is 2.83. The van der Waals surface area contributed by atoms with Crippen molar-refractivity contribution in [2.24, 2.45) is 0 Å². The van der Waals surface area contributed by atoms with Gasteiger partial charge in [0.25, 0.3) is 0 Å². The van der Waals surface area contributed by atoms with Gasteiger partial charge in [0.2, 0.25) is 0 Å². The molecule has 0 saturated heterocycles. The van der Waals surface area contributed by atoms with Gasteiger partial charge in [0.1, 0.15) is 5.75 Å². The summed E-state index contributed by atoms with van der Waals surface area (Å²) in [4.78, 5) is 4.64. The van der Waals surface area contributed by atoms with E-state index in [1.807, 2.05) is 30.3 Å². The normalized spacial score (nSPS) is 10.5. The van der Waals surface area contributed by atoms with E-state index in [-0.39, 0.29) is 0 Å². The molecule has 0 unspecified atom stereocenters. The summed E-state index contributed by atoms with van der Waals surface area (Å²) in [7, 11) is 0. The molecule has 0 amide bonds. The summed E-state index contributed by atoms with van der Waals surface area (Å²) >= 11 is 1.65. The zero-order valence-electron chi connectivity index (χ0n) is 10.3. The lowest BCUT2D eigenvalue weighted by molar-refractivity contribution is 0.474. The summed E-state index contributed by atoms with van der Waals surface area (Å²) in [6.45, 7) is 0. The van der Waals surface area contributed by atoms with Crippen molar-refractivity contribution < 1.29 is 5.11 Å². The van der Waals surface area contributed by atoms with Gasteiger partial charge >= 0.3 is 0 Å². The van der Waals surface area contributed by atoms with E-state index in [0.717, 1.165) is 28.2 Å². The SMILES string of the molecule is Oc1cccc(Cc2nc(-c3ccccc3)cs2)c1. The molecule has 0 radical (unpaired) electrons. The predicted molar refractivity (Wildman–Crippen MR) is 78.5 cm³/mol. The number of phenols is 1. The van der Waals surface area contributed by atoms with Crippen LogP contribution in [-0.4, -0.2) is 10.1 Å². The predicted octanol–water partition coefficient (Wildman–Crippen LogP) is 4.11. The maximum Gasteiger partial charge on any atom is 0.115 e. The standard InChI is InChI=1S/C16H13NOS/c18-14-8-4-5-12(9-14)10-16-17-15(11-19-16)13-6-2-1-3-7-13/h1-9,11,18H,10H2. The van der Waals surface area contributed by atoms with Crippen LogP contribution in [0.5, 0.6) is 5.75 Å². The molecule has 1 heterocycles. The second-order valence-corrected chi connectivity index (χ2v) is 5.28. The van der Waals surface area contributed by atoms with Crippen molar-refractivity contribution >= 4 is 11.3 Å². The Morgan fingerprint density at radius 1 is 1.00 bits per heavy atom. The molecule has 0 spiro atoms. The molecule has 94 valence electrons. The summed E-state index contributed by atoms with van der Waals surface area (Å²) < 4.78 is 0. The lowest BCUT2D eigenvalue weighted by atomic mass is 10.1. The Morgan fingerprint density at radius 2 is 1.84 bits per heavy atom. The van der Waals surface area contributed by atoms with Crippen molar-refractivity contribution in [2.75, 3.05) is 0 Å². The number of aromatic hydroxyl groups is 1. The highest BCUT2D eigenvalue weighted by Crippen LogP contribution is 2.23. The number of thiazole rings is 1. The smallest absolute Gasteiger partial charge is 0.115 e. The average Bonchev–Trinajstić information content (AvgIpc) is 2.88. The molecule has 0 fully saturated rings. The lowest BCUT2D eigenvalue weighted by Crippen LogP contribution is -1.87. The molecular weight excluding hydrogens is 254 g/mol. The quantitative estimate of drug-likeness (QED) is 0.774. The van der Waals surface area contributed by atoms with Crippen LogP contribution in [0.1, 0.15) is 10.6 Å². The van der Waals surface area contributed by atoms with Gasteiger partial charge in [0, 0.05) is 17.4 Å². The van der Waals surface area contributed by atoms with Crippen molar-refractivity contribution in [3.8, 4) is 17.0 Å². The summed E-state index contributed by atoms with van der Waals surface area (Å²) in [5, 5.41) is 12.6. The van der Waals surface area contributed by atoms with Crippen molar-refractivity contribution in [2.45, 2.75) is 6.42 Å². The van der Waals surface area contributed by atoms with E-state index >= 15 is 0 Å². The highest BCUT2D eigenvalue weighted by Gasteiger charge is 2.05. The molecule has 0 aliphatic carbocycles. The van der Waals surface area contributed by atoms with Gasteiger partial charge in [-0.2, -0.15) is 0 Å². The number of hydrogen-bond acceptors (Lipinski definition) is 3. The fourth-order valence-electron chi connectivity index (χ4n) is 1.97. The molecule has 0 aliphatic heterocycles. The van der Waals surface area contributed by atoms with Crippen LogP contribution in [0, 0.1) is 0 Å². The first-order valence-electron chi connectivity index (χ1n) is 6.09. The Hall–Kier alpha value is -2.13. The van der Waals surface area contributed by atoms with Crippen LogP contribution in [0.4, 0.5) is 0 Å². The van der Waals surface area contributed by atoms with Gasteiger partial charge in [0.05, 0.1) is 10.7 Å². The first-order valence-corrected chi connectivity index (χ1v) is 6.97. The molecule has 3 heteroatoms. The van der Waals surface area contributed by atoms with Gasteiger partial charge in [0.15, 0.2) is 0 Å². The molecular formula is C16H13NOS. The maximum atomic E-state index is 9.46. The Morgan fingerprint density at radius 3 is 2.63 bits per heavy atom. The van der Waals surface area contributed by atoms with Crippen LogP contribution < -0.4 is 0 Å². The lowest BCUT2D eigenvalue weighted by Gasteiger charge is -1.99. The van der Waals surface area contributed by atoms with E-state index in [9.17, 15) is 5.11 Å². The molecule has 3 rings (SSSR count). The molecule has 0 saturated carbocycles. The Kier molecular flexibility index (Phi) is 3.29. The van der Waals surface area contributed by atoms with E-state index in [1.165, 1.54) is 0 Å². The number of benzene rings is 2. The summed E-state index contributed by atoms with van der Waals surface area (Å²) in [5.74, 6) is 0.303. The zero-order chi connectivity index (χ0) is 13.1. The van der Waals surface area contributed by atoms with Crippen LogP contribution in [0.25, 0.3) is 11.3 Å². The highest BCUT2D eigenvalue weighted by molar-refractivity contribution is 7.10. The van der Waals surface area contributed by atoms with Gasteiger partial charge in [-0.15, -0.1) is 11.3 Å². The summed E-state index contributed by atoms with van der Waals surface area (Å²) in [6, 6.07) is 17.5. The molecule has 0 aliphatic rings. The van der Waals surface area contributed by atoms with E-state index in [2.05, 4.69) is 22.5 Å². The minimum Gasteiger partial charge on any atom is -0.508 e. The summed E-state index contributed by atoms with van der Waals surface area (Å²) in [5.41, 5.74) is 3.23. The van der Waals surface area contributed by atoms with Gasteiger partial charge in [-0.05, 0) is 17.7 Å². The summed E-state index contributed by atoms with van der Waals surface area (Å²) in [6.07, 6.45) is 0.756. The number of aromatic nitrogens is 1. The van der Waals surface area contributed by atoms with Gasteiger partial charge in [-0.3, -0.25) is 0 Å². The van der Waals surface area contributed by atoms with Crippen LogP contribution in [0.2, 0.25) is 0 Å². The van der Waals surface area contributed by atoms with Crippen LogP contribution in [0.15, 0.2) is 60.0 Å². The molecule has 1 aromatic heterocycles. The minimum absolute atomic E-state index is 0.303. The molecule has 2 aromatic carbocycles. The van der Waals surface area contributed by atoms with Crippen molar-refractivity contribution in [3.63, 3.8) is 0 Å². The topological polar surface area (TPSA) is 33.1 Å². The van der Waals surface area contributed by atoms with Crippen LogP contribution in [0.3, 0.4) is 0 Å². The first-order chi connectivity index (χ1) is 9.31. The van der Waals surface area contributed by atoms with E-state index in [0.29, 0.717) is 5.75 Å². The maximum absolute atomic E-state index is 9.46. The number of rotatable bonds is 3. The van der Waals surface area contributed by atoms with Crippen LogP contribution >= 0.6 is 11.3 Å². The molecule has 19 heavy (non-hydrogen) atoms. The molecule has 1 N–H and O–H groups in total. The van der Waals surface area contributed by atoms with E-state index in [4.69, 9.17) is 0 Å². The van der Waals surface area contributed by atoms with E-state index < -0.39 is 0 Å². The highest BCUT2D eigenvalue weighted by atomic mass is 32.1. The van der Waals surface area contributed by atoms with Crippen molar-refractivity contribution in [1.29, 1.82) is 0 Å². The van der Waals surface area contributed by atoms with Gasteiger partial charge in [-0.1, -0.05) is 42.5 Å². The molecule has 2 nitrogen and oxygen atoms in total. The van der Waals surface area contributed by atoms with Gasteiger partial charge in [-0.25, -0.2) is 4.98 Å². The first kappa shape index (κ1) is 11.9. The fourth-order valence-corrected chi connectivity index (χ4v) is 2.81. The number of nitrogens with zero attached hydrogens (tertiary/aromatic N) is 1. The average molecular weight is 267 g/mol. The minimum atomic E-state index is 0.303.